The molecule has 2 heterocycles. The van der Waals surface area contributed by atoms with E-state index < -0.39 is 0 Å². The van der Waals surface area contributed by atoms with Gasteiger partial charge in [0.25, 0.3) is 0 Å². The quantitative estimate of drug-likeness (QED) is 0.663. The Morgan fingerprint density at radius 1 is 1.62 bits per heavy atom. The van der Waals surface area contributed by atoms with E-state index >= 15 is 0 Å². The number of aromatic nitrogens is 2. The van der Waals surface area contributed by atoms with Crippen molar-refractivity contribution in [1.82, 2.24) is 9.72 Å². The molecule has 0 bridgehead atoms. The van der Waals surface area contributed by atoms with Crippen molar-refractivity contribution < 1.29 is 9.32 Å². The average molecular weight is 176 g/mol. The molecule has 0 saturated heterocycles. The van der Waals surface area contributed by atoms with Gasteiger partial charge in [0.05, 0.1) is 12.7 Å². The summed E-state index contributed by atoms with van der Waals surface area (Å²) in [4.78, 5) is 10.4. The van der Waals surface area contributed by atoms with Crippen LogP contribution < -0.4 is 0 Å². The van der Waals surface area contributed by atoms with E-state index in [9.17, 15) is 4.79 Å². The van der Waals surface area contributed by atoms with Gasteiger partial charge in [-0.05, 0) is 6.07 Å². The first kappa shape index (κ1) is 7.79. The minimum Gasteiger partial charge on any atom is -0.364 e. The highest BCUT2D eigenvalue weighted by Crippen LogP contribution is 2.03. The van der Waals surface area contributed by atoms with Crippen molar-refractivity contribution in [3.8, 4) is 0 Å². The van der Waals surface area contributed by atoms with Gasteiger partial charge >= 0.3 is 0 Å². The maximum absolute atomic E-state index is 10.4. The van der Waals surface area contributed by atoms with Gasteiger partial charge in [0.15, 0.2) is 6.29 Å². The van der Waals surface area contributed by atoms with E-state index in [-0.39, 0.29) is 0 Å². The molecular weight excluding hydrogens is 168 g/mol. The zero-order valence-corrected chi connectivity index (χ0v) is 6.88. The third-order valence-corrected chi connectivity index (χ3v) is 1.76. The van der Waals surface area contributed by atoms with Crippen LogP contribution in [0.4, 0.5) is 0 Å². The summed E-state index contributed by atoms with van der Waals surface area (Å²) in [6, 6.07) is 1.76. The number of aldehydes is 1. The number of carbonyl (C=O) groups excluding carboxylic acids is 1. The molecular formula is C9H8N2O2. The zero-order chi connectivity index (χ0) is 9.10. The van der Waals surface area contributed by atoms with Gasteiger partial charge in [0, 0.05) is 23.5 Å². The lowest BCUT2D eigenvalue weighted by atomic mass is 10.4. The molecule has 0 radical (unpaired) electrons. The minimum atomic E-state index is 0.677. The molecule has 0 aromatic carbocycles. The molecule has 2 aromatic rings. The Bertz CT molecular complexity index is 389. The van der Waals surface area contributed by atoms with Gasteiger partial charge in [-0.3, -0.25) is 4.79 Å². The fourth-order valence-corrected chi connectivity index (χ4v) is 1.14. The molecule has 0 aliphatic heterocycles. The molecule has 0 unspecified atom stereocenters. The number of hydrogen-bond donors (Lipinski definition) is 0. The Labute approximate surface area is 74.8 Å². The van der Waals surface area contributed by atoms with Crippen LogP contribution in [0.2, 0.25) is 0 Å². The monoisotopic (exact) mass is 176 g/mol. The average Bonchev–Trinajstić information content (AvgIpc) is 2.76. The van der Waals surface area contributed by atoms with Crippen LogP contribution in [0.15, 0.2) is 35.4 Å². The Morgan fingerprint density at radius 2 is 2.54 bits per heavy atom. The van der Waals surface area contributed by atoms with Crippen LogP contribution in [-0.4, -0.2) is 16.0 Å². The lowest BCUT2D eigenvalue weighted by Crippen LogP contribution is -1.94. The predicted octanol–water partition coefficient (Wildman–Crippen LogP) is 1.34. The van der Waals surface area contributed by atoms with E-state index in [1.807, 2.05) is 10.8 Å². The largest absolute Gasteiger partial charge is 0.364 e. The Hall–Kier alpha value is -1.84. The summed E-state index contributed by atoms with van der Waals surface area (Å²) in [5, 5.41) is 3.59. The van der Waals surface area contributed by atoms with Gasteiger partial charge in [-0.25, -0.2) is 0 Å². The number of nitrogens with zero attached hydrogens (tertiary/aromatic N) is 2. The molecule has 0 amide bonds. The van der Waals surface area contributed by atoms with Crippen LogP contribution in [0.1, 0.15) is 15.9 Å². The van der Waals surface area contributed by atoms with Gasteiger partial charge in [-0.2, -0.15) is 0 Å². The van der Waals surface area contributed by atoms with Crippen molar-refractivity contribution in [2.45, 2.75) is 6.54 Å². The highest BCUT2D eigenvalue weighted by atomic mass is 16.5. The summed E-state index contributed by atoms with van der Waals surface area (Å²) in [6.45, 7) is 0.678. The van der Waals surface area contributed by atoms with Crippen LogP contribution in [0.3, 0.4) is 0 Å². The lowest BCUT2D eigenvalue weighted by Gasteiger charge is -1.96. The lowest BCUT2D eigenvalue weighted by molar-refractivity contribution is 0.112. The van der Waals surface area contributed by atoms with E-state index in [4.69, 9.17) is 0 Å². The fourth-order valence-electron chi connectivity index (χ4n) is 1.14. The Kier molecular flexibility index (Phi) is 1.96. The van der Waals surface area contributed by atoms with Gasteiger partial charge in [-0.1, -0.05) is 5.16 Å². The van der Waals surface area contributed by atoms with Crippen molar-refractivity contribution in [2.75, 3.05) is 0 Å². The van der Waals surface area contributed by atoms with Crippen LogP contribution in [-0.2, 0) is 6.54 Å². The molecule has 0 aliphatic carbocycles. The SMILES string of the molecule is O=Cc1ccn(Cc2cnoc2)c1. The Balaban J connectivity index is 2.14. The summed E-state index contributed by atoms with van der Waals surface area (Å²) in [5.41, 5.74) is 1.66. The van der Waals surface area contributed by atoms with Gasteiger partial charge in [0.1, 0.15) is 6.26 Å². The van der Waals surface area contributed by atoms with Gasteiger partial charge < -0.3 is 9.09 Å². The van der Waals surface area contributed by atoms with Crippen molar-refractivity contribution in [1.29, 1.82) is 0 Å². The standard InChI is InChI=1S/C9H8N2O2/c12-6-8-1-2-11(4-8)5-9-3-10-13-7-9/h1-4,6-7H,5H2. The fraction of sp³-hybridized carbons (Fsp3) is 0.111. The minimum absolute atomic E-state index is 0.677. The number of hydrogen-bond acceptors (Lipinski definition) is 3. The van der Waals surface area contributed by atoms with Crippen LogP contribution in [0.5, 0.6) is 0 Å². The molecule has 0 atom stereocenters. The molecule has 2 aromatic heterocycles. The maximum Gasteiger partial charge on any atom is 0.151 e. The highest BCUT2D eigenvalue weighted by Gasteiger charge is 1.98. The molecule has 4 heteroatoms. The first-order valence-electron chi connectivity index (χ1n) is 3.88. The topological polar surface area (TPSA) is 48.0 Å². The number of carbonyl (C=O) groups is 1. The summed E-state index contributed by atoms with van der Waals surface area (Å²) in [5.74, 6) is 0. The van der Waals surface area contributed by atoms with Crippen molar-refractivity contribution in [2.24, 2.45) is 0 Å². The van der Waals surface area contributed by atoms with Crippen LogP contribution >= 0.6 is 0 Å². The third kappa shape index (κ3) is 1.66. The Morgan fingerprint density at radius 3 is 3.15 bits per heavy atom. The highest BCUT2D eigenvalue weighted by molar-refractivity contribution is 5.74. The van der Waals surface area contributed by atoms with Gasteiger partial charge in [-0.15, -0.1) is 0 Å². The van der Waals surface area contributed by atoms with Crippen molar-refractivity contribution in [3.05, 3.63) is 42.0 Å². The van der Waals surface area contributed by atoms with Crippen LogP contribution in [0.25, 0.3) is 0 Å². The smallest absolute Gasteiger partial charge is 0.151 e. The summed E-state index contributed by atoms with van der Waals surface area (Å²) in [7, 11) is 0. The molecule has 0 aliphatic rings. The third-order valence-electron chi connectivity index (χ3n) is 1.76. The maximum atomic E-state index is 10.4. The second kappa shape index (κ2) is 3.26. The van der Waals surface area contributed by atoms with E-state index in [0.717, 1.165) is 11.8 Å². The molecule has 0 saturated carbocycles. The molecule has 4 nitrogen and oxygen atoms in total. The van der Waals surface area contributed by atoms with Crippen molar-refractivity contribution in [3.63, 3.8) is 0 Å². The van der Waals surface area contributed by atoms with Gasteiger partial charge in [0.2, 0.25) is 0 Å². The van der Waals surface area contributed by atoms with E-state index in [1.165, 1.54) is 0 Å². The summed E-state index contributed by atoms with van der Waals surface area (Å²) >= 11 is 0. The number of rotatable bonds is 3. The molecule has 13 heavy (non-hydrogen) atoms. The van der Waals surface area contributed by atoms with E-state index in [1.54, 1.807) is 24.7 Å². The molecule has 0 spiro atoms. The van der Waals surface area contributed by atoms with Crippen molar-refractivity contribution >= 4 is 6.29 Å². The molecule has 0 fully saturated rings. The molecule has 2 rings (SSSR count). The first-order chi connectivity index (χ1) is 6.38. The molecule has 0 N–H and O–H groups in total. The summed E-state index contributed by atoms with van der Waals surface area (Å²) < 4.78 is 6.59. The molecule has 66 valence electrons. The van der Waals surface area contributed by atoms with E-state index in [2.05, 4.69) is 9.68 Å². The van der Waals surface area contributed by atoms with Crippen LogP contribution in [0, 0.1) is 0 Å². The summed E-state index contributed by atoms with van der Waals surface area (Å²) in [6.07, 6.45) is 7.68. The van der Waals surface area contributed by atoms with E-state index in [0.29, 0.717) is 12.1 Å². The normalized spacial score (nSPS) is 10.2. The first-order valence-corrected chi connectivity index (χ1v) is 3.88. The second-order valence-corrected chi connectivity index (χ2v) is 2.77. The predicted molar refractivity (Wildman–Crippen MR) is 45.4 cm³/mol. The zero-order valence-electron chi connectivity index (χ0n) is 6.88. The second-order valence-electron chi connectivity index (χ2n) is 2.77.